The number of fused-ring (bicyclic) bond motifs is 1. The Morgan fingerprint density at radius 2 is 1.61 bits per heavy atom. The summed E-state index contributed by atoms with van der Waals surface area (Å²) in [7, 11) is -3.53. The Hall–Kier alpha value is -2.86. The average molecular weight is 394 g/mol. The molecule has 0 aliphatic carbocycles. The van der Waals surface area contributed by atoms with Gasteiger partial charge in [-0.3, -0.25) is 5.43 Å². The van der Waals surface area contributed by atoms with Crippen LogP contribution in [0.25, 0.3) is 0 Å². The monoisotopic (exact) mass is 393 g/mol. The first-order chi connectivity index (χ1) is 13.4. The molecular weight excluding hydrogens is 370 g/mol. The molecule has 0 radical (unpaired) electrons. The van der Waals surface area contributed by atoms with Gasteiger partial charge in [0.15, 0.2) is 0 Å². The van der Waals surface area contributed by atoms with Crippen molar-refractivity contribution in [2.45, 2.75) is 42.5 Å². The number of hydrogen-bond donors (Lipinski definition) is 1. The van der Waals surface area contributed by atoms with Crippen LogP contribution >= 0.6 is 0 Å². The van der Waals surface area contributed by atoms with E-state index in [-0.39, 0.29) is 4.90 Å². The maximum Gasteiger partial charge on any atom is 0.206 e. The Kier molecular flexibility index (Phi) is 4.81. The number of nitrogens with one attached hydrogen (secondary N) is 1. The number of nitrogens with zero attached hydrogens (tertiary/aromatic N) is 2. The minimum atomic E-state index is -3.53. The lowest BCUT2D eigenvalue weighted by atomic mass is 10.0. The first kappa shape index (κ1) is 18.5. The molecule has 1 aromatic heterocycles. The molecule has 1 N–H and O–H groups in total. The van der Waals surface area contributed by atoms with Crippen molar-refractivity contribution in [3.05, 3.63) is 78.1 Å². The zero-order chi connectivity index (χ0) is 19.7. The molecule has 6 heteroatoms. The van der Waals surface area contributed by atoms with Crippen molar-refractivity contribution in [1.29, 1.82) is 0 Å². The summed E-state index contributed by atoms with van der Waals surface area (Å²) in [6, 6.07) is 17.9. The fourth-order valence-corrected chi connectivity index (χ4v) is 4.61. The first-order valence-corrected chi connectivity index (χ1v) is 10.9. The number of benzene rings is 2. The third-order valence-corrected chi connectivity index (χ3v) is 6.84. The molecule has 5 nitrogen and oxygen atoms in total. The van der Waals surface area contributed by atoms with Gasteiger partial charge in [0.2, 0.25) is 9.84 Å². The van der Waals surface area contributed by atoms with Crippen LogP contribution in [0.15, 0.2) is 81.8 Å². The molecule has 2 heterocycles. The molecule has 0 saturated carbocycles. The van der Waals surface area contributed by atoms with Crippen molar-refractivity contribution in [3.63, 3.8) is 0 Å². The van der Waals surface area contributed by atoms with Gasteiger partial charge in [0.25, 0.3) is 0 Å². The Bertz CT molecular complexity index is 1110. The molecule has 1 aliphatic rings. The van der Waals surface area contributed by atoms with Gasteiger partial charge in [-0.2, -0.15) is 5.10 Å². The Labute approximate surface area is 165 Å². The lowest BCUT2D eigenvalue weighted by molar-refractivity contribution is 0.596. The number of rotatable bonds is 5. The summed E-state index contributed by atoms with van der Waals surface area (Å²) in [6.45, 7) is 5.11. The molecule has 0 fully saturated rings. The molecule has 0 amide bonds. The van der Waals surface area contributed by atoms with Crippen LogP contribution in [0.3, 0.4) is 0 Å². The van der Waals surface area contributed by atoms with E-state index >= 15 is 0 Å². The van der Waals surface area contributed by atoms with Crippen LogP contribution in [-0.4, -0.2) is 18.7 Å². The van der Waals surface area contributed by atoms with Crippen LogP contribution < -0.4 is 5.43 Å². The quantitative estimate of drug-likeness (QED) is 0.641. The van der Waals surface area contributed by atoms with E-state index in [1.165, 1.54) is 0 Å². The highest BCUT2D eigenvalue weighted by atomic mass is 32.2. The fourth-order valence-electron chi connectivity index (χ4n) is 3.35. The summed E-state index contributed by atoms with van der Waals surface area (Å²) in [5, 5.41) is 4.48. The largest absolute Gasteiger partial charge is 0.346 e. The second-order valence-corrected chi connectivity index (χ2v) is 9.21. The molecular formula is C22H23N3O2S. The van der Waals surface area contributed by atoms with Gasteiger partial charge in [-0.05, 0) is 60.0 Å². The zero-order valence-corrected chi connectivity index (χ0v) is 16.8. The molecule has 0 unspecified atom stereocenters. The van der Waals surface area contributed by atoms with E-state index in [0.717, 1.165) is 35.6 Å². The standard InChI is InChI=1S/C22H23N3O2S/c1-16(2)17-5-9-19(10-6-17)28(26,27)20-11-7-18(8-12-20)23-24-21-13-15-25-14-3-4-22(21)25/h3-12,14,16,23H,13,15H2,1-2H3/b24-21-. The number of aryl methyl sites for hydroxylation is 1. The third-order valence-electron chi connectivity index (χ3n) is 5.06. The van der Waals surface area contributed by atoms with E-state index in [9.17, 15) is 8.42 Å². The normalized spacial score (nSPS) is 15.2. The van der Waals surface area contributed by atoms with Gasteiger partial charge < -0.3 is 4.57 Å². The van der Waals surface area contributed by atoms with Crippen LogP contribution in [0.5, 0.6) is 0 Å². The maximum atomic E-state index is 12.9. The van der Waals surface area contributed by atoms with Crippen LogP contribution in [0, 0.1) is 0 Å². The SMILES string of the molecule is CC(C)c1ccc(S(=O)(=O)c2ccc(N/N=C3/CCn4cccc43)cc2)cc1. The van der Waals surface area contributed by atoms with Crippen molar-refractivity contribution in [1.82, 2.24) is 4.57 Å². The topological polar surface area (TPSA) is 63.5 Å². The summed E-state index contributed by atoms with van der Waals surface area (Å²) >= 11 is 0. The van der Waals surface area contributed by atoms with Gasteiger partial charge in [0, 0.05) is 19.2 Å². The third kappa shape index (κ3) is 3.47. The fraction of sp³-hybridized carbons (Fsp3) is 0.227. The number of anilines is 1. The van der Waals surface area contributed by atoms with E-state index in [2.05, 4.69) is 28.9 Å². The van der Waals surface area contributed by atoms with Crippen molar-refractivity contribution >= 4 is 21.2 Å². The number of aromatic nitrogens is 1. The highest BCUT2D eigenvalue weighted by Gasteiger charge is 2.18. The predicted molar refractivity (Wildman–Crippen MR) is 112 cm³/mol. The van der Waals surface area contributed by atoms with E-state index in [1.807, 2.05) is 30.5 Å². The lowest BCUT2D eigenvalue weighted by Crippen LogP contribution is -2.03. The summed E-state index contributed by atoms with van der Waals surface area (Å²) < 4.78 is 27.9. The molecule has 1 aliphatic heterocycles. The maximum absolute atomic E-state index is 12.9. The number of sulfone groups is 1. The number of hydrogen-bond acceptors (Lipinski definition) is 4. The smallest absolute Gasteiger partial charge is 0.206 e. The molecule has 144 valence electrons. The zero-order valence-electron chi connectivity index (χ0n) is 16.0. The highest BCUT2D eigenvalue weighted by Crippen LogP contribution is 2.24. The minimum absolute atomic E-state index is 0.276. The van der Waals surface area contributed by atoms with Crippen LogP contribution in [0.1, 0.15) is 37.4 Å². The van der Waals surface area contributed by atoms with Crippen LogP contribution in [-0.2, 0) is 16.4 Å². The Morgan fingerprint density at radius 3 is 2.25 bits per heavy atom. The van der Waals surface area contributed by atoms with Crippen molar-refractivity contribution < 1.29 is 8.42 Å². The van der Waals surface area contributed by atoms with Gasteiger partial charge in [0.1, 0.15) is 0 Å². The summed E-state index contributed by atoms with van der Waals surface area (Å²) in [6.07, 6.45) is 2.94. The van der Waals surface area contributed by atoms with Crippen LogP contribution in [0.4, 0.5) is 5.69 Å². The molecule has 0 bridgehead atoms. The van der Waals surface area contributed by atoms with Gasteiger partial charge >= 0.3 is 0 Å². The highest BCUT2D eigenvalue weighted by molar-refractivity contribution is 7.91. The van der Waals surface area contributed by atoms with Gasteiger partial charge in [0.05, 0.1) is 26.9 Å². The van der Waals surface area contributed by atoms with E-state index in [4.69, 9.17) is 0 Å². The average Bonchev–Trinajstić information content (AvgIpc) is 3.31. The molecule has 0 atom stereocenters. The minimum Gasteiger partial charge on any atom is -0.346 e. The molecule has 28 heavy (non-hydrogen) atoms. The predicted octanol–water partition coefficient (Wildman–Crippen LogP) is 4.66. The summed E-state index contributed by atoms with van der Waals surface area (Å²) in [4.78, 5) is 0.585. The molecule has 2 aromatic carbocycles. The Morgan fingerprint density at radius 1 is 0.964 bits per heavy atom. The van der Waals surface area contributed by atoms with Gasteiger partial charge in [-0.25, -0.2) is 8.42 Å². The van der Waals surface area contributed by atoms with Gasteiger partial charge in [-0.15, -0.1) is 0 Å². The van der Waals surface area contributed by atoms with E-state index < -0.39 is 9.84 Å². The molecule has 0 saturated heterocycles. The van der Waals surface area contributed by atoms with E-state index in [1.54, 1.807) is 36.4 Å². The second-order valence-electron chi connectivity index (χ2n) is 7.26. The van der Waals surface area contributed by atoms with Gasteiger partial charge in [-0.1, -0.05) is 26.0 Å². The lowest BCUT2D eigenvalue weighted by Gasteiger charge is -2.09. The van der Waals surface area contributed by atoms with Crippen molar-refractivity contribution in [3.8, 4) is 0 Å². The van der Waals surface area contributed by atoms with Crippen molar-refractivity contribution in [2.75, 3.05) is 5.43 Å². The molecule has 3 aromatic rings. The van der Waals surface area contributed by atoms with Crippen molar-refractivity contribution in [2.24, 2.45) is 5.10 Å². The van der Waals surface area contributed by atoms with Crippen LogP contribution in [0.2, 0.25) is 0 Å². The summed E-state index contributed by atoms with van der Waals surface area (Å²) in [5.74, 6) is 0.367. The van der Waals surface area contributed by atoms with E-state index in [0.29, 0.717) is 10.8 Å². The second kappa shape index (κ2) is 7.28. The Balaban J connectivity index is 1.51. The first-order valence-electron chi connectivity index (χ1n) is 9.38. The summed E-state index contributed by atoms with van der Waals surface area (Å²) in [5.41, 5.74) is 7.04. The number of hydrazone groups is 1. The molecule has 0 spiro atoms. The molecule has 4 rings (SSSR count).